The van der Waals surface area contributed by atoms with Crippen molar-refractivity contribution in [1.29, 1.82) is 0 Å². The Kier molecular flexibility index (Phi) is 5.68. The number of hydrogen-bond donors (Lipinski definition) is 4. The number of benzene rings is 2. The number of H-pyrrole nitrogens is 1. The molecular formula is C26H24N2O7. The number of fused-ring (bicyclic) bond motifs is 4. The van der Waals surface area contributed by atoms with Gasteiger partial charge in [-0.25, -0.2) is 9.59 Å². The zero-order valence-electron chi connectivity index (χ0n) is 19.0. The first-order valence-corrected chi connectivity index (χ1v) is 11.4. The Balaban J connectivity index is 1.30. The first kappa shape index (κ1) is 22.5. The fraction of sp³-hybridized carbons (Fsp3) is 0.269. The standard InChI is InChI=1S/C26H24N2O7/c1-13(34-16-6-7-18-17-3-2-4-19(17)26(33)35-23(18)11-16)24(30)28-22(25(31)32)9-14-12-27-21-8-5-15(29)10-20(14)21/h5-8,10-13,22,27,29H,2-4,9H2,1H3,(H,28,30)(H,31,32)/t13-,22+/m1/s1. The molecule has 0 unspecified atom stereocenters. The zero-order valence-corrected chi connectivity index (χ0v) is 19.0. The second kappa shape index (κ2) is 8.83. The number of phenols is 1. The summed E-state index contributed by atoms with van der Waals surface area (Å²) in [6.45, 7) is 1.51. The summed E-state index contributed by atoms with van der Waals surface area (Å²) in [7, 11) is 0. The van der Waals surface area contributed by atoms with Crippen molar-refractivity contribution in [2.45, 2.75) is 44.8 Å². The molecule has 0 spiro atoms. The Labute approximate surface area is 199 Å². The second-order valence-electron chi connectivity index (χ2n) is 8.77. The number of rotatable bonds is 7. The minimum absolute atomic E-state index is 0.0173. The molecule has 0 saturated carbocycles. The van der Waals surface area contributed by atoms with E-state index in [0.29, 0.717) is 28.7 Å². The molecule has 2 heterocycles. The number of carboxylic acids is 1. The Morgan fingerprint density at radius 3 is 2.74 bits per heavy atom. The fourth-order valence-corrected chi connectivity index (χ4v) is 4.64. The fourth-order valence-electron chi connectivity index (χ4n) is 4.64. The third kappa shape index (κ3) is 4.32. The van der Waals surface area contributed by atoms with Gasteiger partial charge in [-0.1, -0.05) is 0 Å². The molecular weight excluding hydrogens is 452 g/mol. The van der Waals surface area contributed by atoms with Crippen molar-refractivity contribution in [3.63, 3.8) is 0 Å². The van der Waals surface area contributed by atoms with Gasteiger partial charge in [0, 0.05) is 40.5 Å². The molecule has 2 aromatic heterocycles. The molecule has 1 amide bonds. The quantitative estimate of drug-likeness (QED) is 0.300. The molecule has 0 fully saturated rings. The number of aromatic hydroxyl groups is 1. The molecule has 2 atom stereocenters. The van der Waals surface area contributed by atoms with Crippen molar-refractivity contribution in [1.82, 2.24) is 10.3 Å². The van der Waals surface area contributed by atoms with Gasteiger partial charge in [-0.15, -0.1) is 0 Å². The molecule has 1 aliphatic rings. The largest absolute Gasteiger partial charge is 0.508 e. The number of carbonyl (C=O) groups is 2. The highest BCUT2D eigenvalue weighted by atomic mass is 16.5. The normalized spacial score (nSPS) is 14.5. The van der Waals surface area contributed by atoms with Crippen LogP contribution in [0, 0.1) is 0 Å². The van der Waals surface area contributed by atoms with Crippen LogP contribution < -0.4 is 15.7 Å². The van der Waals surface area contributed by atoms with E-state index in [4.69, 9.17) is 9.15 Å². The number of aromatic nitrogens is 1. The molecule has 0 aliphatic heterocycles. The van der Waals surface area contributed by atoms with Crippen LogP contribution in [0.2, 0.25) is 0 Å². The van der Waals surface area contributed by atoms with Gasteiger partial charge in [-0.2, -0.15) is 0 Å². The molecule has 1 aliphatic carbocycles. The van der Waals surface area contributed by atoms with Gasteiger partial charge in [0.2, 0.25) is 0 Å². The maximum absolute atomic E-state index is 12.8. The molecule has 0 radical (unpaired) electrons. The van der Waals surface area contributed by atoms with E-state index in [1.54, 1.807) is 30.5 Å². The maximum Gasteiger partial charge on any atom is 0.339 e. The summed E-state index contributed by atoms with van der Waals surface area (Å²) in [5.41, 5.74) is 3.18. The van der Waals surface area contributed by atoms with Crippen molar-refractivity contribution < 1.29 is 29.0 Å². The van der Waals surface area contributed by atoms with Gasteiger partial charge in [-0.3, -0.25) is 4.79 Å². The third-order valence-electron chi connectivity index (χ3n) is 6.42. The molecule has 0 bridgehead atoms. The number of aliphatic carboxylic acids is 1. The van der Waals surface area contributed by atoms with Gasteiger partial charge in [0.1, 0.15) is 23.1 Å². The Morgan fingerprint density at radius 1 is 1.14 bits per heavy atom. The molecule has 4 N–H and O–H groups in total. The van der Waals surface area contributed by atoms with Crippen molar-refractivity contribution in [2.24, 2.45) is 0 Å². The summed E-state index contributed by atoms with van der Waals surface area (Å²) in [6.07, 6.45) is 3.13. The number of phenolic OH excluding ortho intramolecular Hbond substituents is 1. The molecule has 5 rings (SSSR count). The summed E-state index contributed by atoms with van der Waals surface area (Å²) in [6, 6.07) is 8.66. The van der Waals surface area contributed by atoms with Crippen molar-refractivity contribution >= 4 is 33.7 Å². The van der Waals surface area contributed by atoms with Crippen LogP contribution in [-0.2, 0) is 28.9 Å². The van der Waals surface area contributed by atoms with Gasteiger partial charge >= 0.3 is 11.6 Å². The van der Waals surface area contributed by atoms with Crippen LogP contribution in [0.5, 0.6) is 11.5 Å². The lowest BCUT2D eigenvalue weighted by atomic mass is 10.0. The first-order chi connectivity index (χ1) is 16.8. The molecule has 4 aromatic rings. The molecule has 180 valence electrons. The summed E-state index contributed by atoms with van der Waals surface area (Å²) in [5.74, 6) is -1.40. The number of hydrogen-bond acceptors (Lipinski definition) is 6. The van der Waals surface area contributed by atoms with Crippen LogP contribution >= 0.6 is 0 Å². The summed E-state index contributed by atoms with van der Waals surface area (Å²) >= 11 is 0. The van der Waals surface area contributed by atoms with Gasteiger partial charge in [0.15, 0.2) is 6.10 Å². The Morgan fingerprint density at radius 2 is 1.94 bits per heavy atom. The summed E-state index contributed by atoms with van der Waals surface area (Å²) in [4.78, 5) is 39.9. The molecule has 9 nitrogen and oxygen atoms in total. The topological polar surface area (TPSA) is 142 Å². The molecule has 0 saturated heterocycles. The van der Waals surface area contributed by atoms with E-state index in [-0.39, 0.29) is 17.8 Å². The van der Waals surface area contributed by atoms with Gasteiger partial charge in [0.25, 0.3) is 5.91 Å². The third-order valence-corrected chi connectivity index (χ3v) is 6.42. The zero-order chi connectivity index (χ0) is 24.7. The number of carboxylic acid groups (broad SMARTS) is 1. The van der Waals surface area contributed by atoms with Crippen LogP contribution in [0.3, 0.4) is 0 Å². The lowest BCUT2D eigenvalue weighted by Gasteiger charge is -2.19. The van der Waals surface area contributed by atoms with E-state index in [1.807, 2.05) is 6.07 Å². The predicted molar refractivity (Wildman–Crippen MR) is 128 cm³/mol. The molecule has 2 aromatic carbocycles. The lowest BCUT2D eigenvalue weighted by molar-refractivity contribution is -0.142. The summed E-state index contributed by atoms with van der Waals surface area (Å²) in [5, 5.41) is 23.5. The highest BCUT2D eigenvalue weighted by Crippen LogP contribution is 2.30. The monoisotopic (exact) mass is 476 g/mol. The van der Waals surface area contributed by atoms with Gasteiger partial charge in [-0.05, 0) is 67.6 Å². The number of aryl methyl sites for hydroxylation is 1. The van der Waals surface area contributed by atoms with Crippen molar-refractivity contribution in [3.05, 3.63) is 69.7 Å². The molecule has 35 heavy (non-hydrogen) atoms. The average Bonchev–Trinajstić information content (AvgIpc) is 3.46. The van der Waals surface area contributed by atoms with Crippen LogP contribution in [0.25, 0.3) is 21.9 Å². The SMILES string of the molecule is C[C@@H](Oc1ccc2c3c(c(=O)oc2c1)CCC3)C(=O)N[C@@H](Cc1c[nH]c2ccc(O)cc12)C(=O)O. The summed E-state index contributed by atoms with van der Waals surface area (Å²) < 4.78 is 11.2. The van der Waals surface area contributed by atoms with Gasteiger partial charge in [0.05, 0.1) is 0 Å². The number of nitrogens with one attached hydrogen (secondary N) is 2. The van der Waals surface area contributed by atoms with Crippen LogP contribution in [0.4, 0.5) is 0 Å². The number of ether oxygens (including phenoxy) is 1. The highest BCUT2D eigenvalue weighted by Gasteiger charge is 2.26. The lowest BCUT2D eigenvalue weighted by Crippen LogP contribution is -2.47. The number of amides is 1. The van der Waals surface area contributed by atoms with Gasteiger partial charge < -0.3 is 29.7 Å². The van der Waals surface area contributed by atoms with E-state index in [1.165, 1.54) is 13.0 Å². The van der Waals surface area contributed by atoms with E-state index in [0.717, 1.165) is 34.9 Å². The van der Waals surface area contributed by atoms with Crippen LogP contribution in [0.1, 0.15) is 30.0 Å². The average molecular weight is 476 g/mol. The number of aromatic amines is 1. The van der Waals surface area contributed by atoms with Crippen molar-refractivity contribution in [3.8, 4) is 11.5 Å². The van der Waals surface area contributed by atoms with E-state index < -0.39 is 24.0 Å². The first-order valence-electron chi connectivity index (χ1n) is 11.4. The van der Waals surface area contributed by atoms with Crippen LogP contribution in [-0.4, -0.2) is 39.2 Å². The highest BCUT2D eigenvalue weighted by molar-refractivity contribution is 5.89. The smallest absolute Gasteiger partial charge is 0.339 e. The Bertz CT molecular complexity index is 1520. The molecule has 9 heteroatoms. The maximum atomic E-state index is 12.8. The Hall–Kier alpha value is -4.27. The minimum atomic E-state index is -1.20. The van der Waals surface area contributed by atoms with E-state index >= 15 is 0 Å². The van der Waals surface area contributed by atoms with E-state index in [9.17, 15) is 24.6 Å². The minimum Gasteiger partial charge on any atom is -0.508 e. The predicted octanol–water partition coefficient (Wildman–Crippen LogP) is 3.05. The second-order valence-corrected chi connectivity index (χ2v) is 8.77. The van der Waals surface area contributed by atoms with Crippen molar-refractivity contribution in [2.75, 3.05) is 0 Å². The van der Waals surface area contributed by atoms with E-state index in [2.05, 4.69) is 10.3 Å². The van der Waals surface area contributed by atoms with Crippen LogP contribution in [0.15, 0.2) is 51.8 Å². The number of carbonyl (C=O) groups excluding carboxylic acids is 1.